The first kappa shape index (κ1) is 15.9. The zero-order chi connectivity index (χ0) is 13.1. The summed E-state index contributed by atoms with van der Waals surface area (Å²) in [4.78, 5) is 22.5. The summed E-state index contributed by atoms with van der Waals surface area (Å²) in [5.41, 5.74) is 0. The molecule has 0 saturated heterocycles. The van der Waals surface area contributed by atoms with E-state index in [1.54, 1.807) is 0 Å². The van der Waals surface area contributed by atoms with E-state index < -0.39 is 0 Å². The Morgan fingerprint density at radius 3 is 2.12 bits per heavy atom. The molecule has 0 aliphatic rings. The van der Waals surface area contributed by atoms with Gasteiger partial charge in [0.05, 0.1) is 0 Å². The van der Waals surface area contributed by atoms with Crippen molar-refractivity contribution in [1.29, 1.82) is 0 Å². The zero-order valence-electron chi connectivity index (χ0n) is 11.3. The second kappa shape index (κ2) is 10.1. The van der Waals surface area contributed by atoms with Gasteiger partial charge in [0.1, 0.15) is 0 Å². The highest BCUT2D eigenvalue weighted by Crippen LogP contribution is 2.05. The molecule has 0 aromatic rings. The molecule has 0 saturated carbocycles. The van der Waals surface area contributed by atoms with Crippen LogP contribution in [0.25, 0.3) is 0 Å². The van der Waals surface area contributed by atoms with Crippen LogP contribution in [0.5, 0.6) is 0 Å². The summed E-state index contributed by atoms with van der Waals surface area (Å²) in [6.07, 6.45) is 3.94. The molecule has 0 radical (unpaired) electrons. The number of rotatable bonds is 9. The second-order valence-corrected chi connectivity index (χ2v) is 4.69. The van der Waals surface area contributed by atoms with Gasteiger partial charge in [-0.1, -0.05) is 26.7 Å². The maximum atomic E-state index is 11.4. The van der Waals surface area contributed by atoms with E-state index in [-0.39, 0.29) is 24.7 Å². The number of unbranched alkanes of at least 4 members (excludes halogenated alkanes) is 1. The molecule has 0 atom stereocenters. The highest BCUT2D eigenvalue weighted by Gasteiger charge is 2.05. The van der Waals surface area contributed by atoms with Crippen molar-refractivity contribution in [3.8, 4) is 0 Å². The monoisotopic (exact) mass is 242 g/mol. The first-order chi connectivity index (χ1) is 8.06. The van der Waals surface area contributed by atoms with Gasteiger partial charge in [-0.05, 0) is 19.3 Å². The van der Waals surface area contributed by atoms with Gasteiger partial charge in [-0.2, -0.15) is 0 Å². The Labute approximate surface area is 105 Å². The molecule has 0 bridgehead atoms. The van der Waals surface area contributed by atoms with Gasteiger partial charge >= 0.3 is 0 Å². The molecule has 0 heterocycles. The lowest BCUT2D eigenvalue weighted by Crippen LogP contribution is -2.28. The minimum atomic E-state index is -0.0533. The lowest BCUT2D eigenvalue weighted by atomic mass is 10.1. The smallest absolute Gasteiger partial charge is 0.220 e. The second-order valence-electron chi connectivity index (χ2n) is 4.69. The highest BCUT2D eigenvalue weighted by atomic mass is 16.2. The van der Waals surface area contributed by atoms with Crippen LogP contribution in [0.3, 0.4) is 0 Å². The van der Waals surface area contributed by atoms with E-state index in [4.69, 9.17) is 0 Å². The molecular weight excluding hydrogens is 216 g/mol. The van der Waals surface area contributed by atoms with Gasteiger partial charge in [0, 0.05) is 25.9 Å². The lowest BCUT2D eigenvalue weighted by molar-refractivity contribution is -0.126. The third-order valence-corrected chi connectivity index (χ3v) is 2.48. The lowest BCUT2D eigenvalue weighted by Gasteiger charge is -2.06. The van der Waals surface area contributed by atoms with Crippen LogP contribution in [0.4, 0.5) is 0 Å². The van der Waals surface area contributed by atoms with Crippen molar-refractivity contribution in [2.24, 2.45) is 5.92 Å². The van der Waals surface area contributed by atoms with Crippen LogP contribution in [-0.2, 0) is 9.59 Å². The highest BCUT2D eigenvalue weighted by molar-refractivity contribution is 5.83. The van der Waals surface area contributed by atoms with Gasteiger partial charge in [-0.15, -0.1) is 0 Å². The molecule has 0 spiro atoms. The molecule has 0 aromatic carbocycles. The molecule has 0 fully saturated rings. The average molecular weight is 242 g/mol. The standard InChI is InChI=1S/C13H26N2O2/c1-4-14-12(16)8-9-13(17)15-10-6-5-7-11(2)3/h11H,4-10H2,1-3H3,(H,14,16)(H,15,17). The molecule has 0 aromatic heterocycles. The van der Waals surface area contributed by atoms with Crippen LogP contribution in [-0.4, -0.2) is 24.9 Å². The summed E-state index contributed by atoms with van der Waals surface area (Å²) in [5.74, 6) is 0.645. The normalized spacial score (nSPS) is 10.4. The zero-order valence-corrected chi connectivity index (χ0v) is 11.3. The predicted octanol–water partition coefficient (Wildman–Crippen LogP) is 1.85. The Morgan fingerprint density at radius 1 is 1.00 bits per heavy atom. The molecule has 4 heteroatoms. The van der Waals surface area contributed by atoms with E-state index in [1.807, 2.05) is 6.92 Å². The molecule has 2 N–H and O–H groups in total. The third-order valence-electron chi connectivity index (χ3n) is 2.48. The van der Waals surface area contributed by atoms with Crippen LogP contribution < -0.4 is 10.6 Å². The maximum absolute atomic E-state index is 11.4. The van der Waals surface area contributed by atoms with Gasteiger partial charge in [-0.25, -0.2) is 0 Å². The van der Waals surface area contributed by atoms with E-state index in [9.17, 15) is 9.59 Å². The maximum Gasteiger partial charge on any atom is 0.220 e. The van der Waals surface area contributed by atoms with Crippen LogP contribution >= 0.6 is 0 Å². The molecular formula is C13H26N2O2. The fourth-order valence-electron chi connectivity index (χ4n) is 1.51. The number of carbonyl (C=O) groups is 2. The molecule has 0 aliphatic heterocycles. The van der Waals surface area contributed by atoms with Crippen molar-refractivity contribution < 1.29 is 9.59 Å². The van der Waals surface area contributed by atoms with Gasteiger partial charge < -0.3 is 10.6 Å². The Hall–Kier alpha value is -1.06. The average Bonchev–Trinajstić information content (AvgIpc) is 2.26. The molecule has 0 aliphatic carbocycles. The molecule has 2 amide bonds. The molecule has 100 valence electrons. The van der Waals surface area contributed by atoms with E-state index in [2.05, 4.69) is 24.5 Å². The summed E-state index contributed by atoms with van der Waals surface area (Å²) in [6.45, 7) is 7.61. The molecule has 0 rings (SSSR count). The van der Waals surface area contributed by atoms with E-state index in [0.717, 1.165) is 25.3 Å². The predicted molar refractivity (Wildman–Crippen MR) is 69.6 cm³/mol. The quantitative estimate of drug-likeness (QED) is 0.606. The number of amides is 2. The van der Waals surface area contributed by atoms with E-state index in [0.29, 0.717) is 6.54 Å². The summed E-state index contributed by atoms with van der Waals surface area (Å²) in [7, 11) is 0. The number of nitrogens with one attached hydrogen (secondary N) is 2. The third kappa shape index (κ3) is 11.2. The van der Waals surface area contributed by atoms with Crippen molar-refractivity contribution in [2.45, 2.75) is 52.9 Å². The van der Waals surface area contributed by atoms with Crippen molar-refractivity contribution in [3.05, 3.63) is 0 Å². The van der Waals surface area contributed by atoms with Gasteiger partial charge in [0.2, 0.25) is 11.8 Å². The fraction of sp³-hybridized carbons (Fsp3) is 0.846. The van der Waals surface area contributed by atoms with Crippen LogP contribution in [0.15, 0.2) is 0 Å². The number of carbonyl (C=O) groups excluding carboxylic acids is 2. The van der Waals surface area contributed by atoms with Crippen LogP contribution in [0.1, 0.15) is 52.9 Å². The molecule has 0 unspecified atom stereocenters. The van der Waals surface area contributed by atoms with Gasteiger partial charge in [0.25, 0.3) is 0 Å². The molecule has 4 nitrogen and oxygen atoms in total. The minimum absolute atomic E-state index is 0.0270. The number of hydrogen-bond donors (Lipinski definition) is 2. The van der Waals surface area contributed by atoms with Crippen molar-refractivity contribution in [3.63, 3.8) is 0 Å². The van der Waals surface area contributed by atoms with Crippen LogP contribution in [0, 0.1) is 5.92 Å². The summed E-state index contributed by atoms with van der Waals surface area (Å²) in [6, 6.07) is 0. The van der Waals surface area contributed by atoms with Crippen molar-refractivity contribution >= 4 is 11.8 Å². The first-order valence-corrected chi connectivity index (χ1v) is 6.59. The topological polar surface area (TPSA) is 58.2 Å². The first-order valence-electron chi connectivity index (χ1n) is 6.59. The Kier molecular flexibility index (Phi) is 9.49. The van der Waals surface area contributed by atoms with Crippen molar-refractivity contribution in [2.75, 3.05) is 13.1 Å². The minimum Gasteiger partial charge on any atom is -0.356 e. The summed E-state index contributed by atoms with van der Waals surface area (Å²) in [5, 5.41) is 5.51. The van der Waals surface area contributed by atoms with E-state index in [1.165, 1.54) is 6.42 Å². The van der Waals surface area contributed by atoms with Gasteiger partial charge in [-0.3, -0.25) is 9.59 Å². The number of hydrogen-bond acceptors (Lipinski definition) is 2. The SMILES string of the molecule is CCNC(=O)CCC(=O)NCCCCC(C)C. The fourth-order valence-corrected chi connectivity index (χ4v) is 1.51. The Morgan fingerprint density at radius 2 is 1.59 bits per heavy atom. The van der Waals surface area contributed by atoms with Gasteiger partial charge in [0.15, 0.2) is 0 Å². The van der Waals surface area contributed by atoms with E-state index >= 15 is 0 Å². The summed E-state index contributed by atoms with van der Waals surface area (Å²) >= 11 is 0. The Balaban J connectivity index is 3.38. The largest absolute Gasteiger partial charge is 0.356 e. The Bertz CT molecular complexity index is 227. The molecule has 17 heavy (non-hydrogen) atoms. The van der Waals surface area contributed by atoms with Crippen molar-refractivity contribution in [1.82, 2.24) is 10.6 Å². The summed E-state index contributed by atoms with van der Waals surface area (Å²) < 4.78 is 0. The van der Waals surface area contributed by atoms with Crippen LogP contribution in [0.2, 0.25) is 0 Å².